The normalized spacial score (nSPS) is 10.9. The van der Waals surface area contributed by atoms with Crippen LogP contribution in [0.3, 0.4) is 0 Å². The molecular formula is C30H33N3O3. The van der Waals surface area contributed by atoms with Crippen LogP contribution in [0.15, 0.2) is 71.7 Å². The number of hydrogen-bond donors (Lipinski definition) is 3. The summed E-state index contributed by atoms with van der Waals surface area (Å²) in [5, 5.41) is 6.87. The van der Waals surface area contributed by atoms with Crippen molar-refractivity contribution in [2.75, 3.05) is 18.5 Å². The summed E-state index contributed by atoms with van der Waals surface area (Å²) in [7, 11) is 0. The minimum Gasteiger partial charge on any atom is -0.494 e. The molecule has 3 aromatic carbocycles. The smallest absolute Gasteiger partial charge is 0.257 e. The molecule has 0 aliphatic rings. The van der Waals surface area contributed by atoms with E-state index in [1.165, 1.54) is 11.8 Å². The number of hydrogen-bond acceptors (Lipinski definition) is 4. The third kappa shape index (κ3) is 5.77. The number of aromatic amines is 1. The molecule has 0 aliphatic carbocycles. The van der Waals surface area contributed by atoms with Gasteiger partial charge in [-0.3, -0.25) is 9.59 Å². The molecular weight excluding hydrogens is 450 g/mol. The lowest BCUT2D eigenvalue weighted by molar-refractivity contribution is 0.0949. The van der Waals surface area contributed by atoms with Crippen molar-refractivity contribution in [1.29, 1.82) is 0 Å². The van der Waals surface area contributed by atoms with E-state index in [-0.39, 0.29) is 11.0 Å². The quantitative estimate of drug-likeness (QED) is 0.283. The summed E-state index contributed by atoms with van der Waals surface area (Å²) in [5.41, 5.74) is 5.95. The first-order valence-corrected chi connectivity index (χ1v) is 12.5. The van der Waals surface area contributed by atoms with Crippen LogP contribution in [-0.2, 0) is 19.4 Å². The summed E-state index contributed by atoms with van der Waals surface area (Å²) < 4.78 is 5.64. The molecule has 1 aromatic heterocycles. The summed E-state index contributed by atoms with van der Waals surface area (Å²) >= 11 is 0. The molecule has 0 spiro atoms. The number of fused-ring (bicyclic) bond motifs is 1. The maximum absolute atomic E-state index is 13.2. The zero-order chi connectivity index (χ0) is 25.5. The lowest BCUT2D eigenvalue weighted by atomic mass is 10.1. The number of carbonyl (C=O) groups is 1. The molecule has 1 heterocycles. The molecule has 0 bridgehead atoms. The first-order valence-electron chi connectivity index (χ1n) is 12.5. The highest BCUT2D eigenvalue weighted by atomic mass is 16.5. The molecule has 36 heavy (non-hydrogen) atoms. The van der Waals surface area contributed by atoms with Crippen molar-refractivity contribution in [3.63, 3.8) is 0 Å². The predicted molar refractivity (Wildman–Crippen MR) is 146 cm³/mol. The minimum atomic E-state index is -0.403. The van der Waals surface area contributed by atoms with E-state index in [1.807, 2.05) is 62.4 Å². The lowest BCUT2D eigenvalue weighted by Gasteiger charge is -2.11. The van der Waals surface area contributed by atoms with Crippen molar-refractivity contribution >= 4 is 22.5 Å². The Morgan fingerprint density at radius 2 is 1.81 bits per heavy atom. The van der Waals surface area contributed by atoms with Crippen molar-refractivity contribution in [3.05, 3.63) is 105 Å². The number of benzene rings is 3. The summed E-state index contributed by atoms with van der Waals surface area (Å²) in [5.74, 6) is 0.396. The number of carbonyl (C=O) groups excluding carboxylic acids is 1. The van der Waals surface area contributed by atoms with Gasteiger partial charge < -0.3 is 20.4 Å². The average molecular weight is 484 g/mol. The van der Waals surface area contributed by atoms with Gasteiger partial charge in [0.2, 0.25) is 5.43 Å². The second-order valence-electron chi connectivity index (χ2n) is 8.81. The third-order valence-electron chi connectivity index (χ3n) is 6.32. The summed E-state index contributed by atoms with van der Waals surface area (Å²) in [4.78, 5) is 29.1. The highest BCUT2D eigenvalue weighted by Gasteiger charge is 2.14. The second kappa shape index (κ2) is 11.6. The molecule has 0 atom stereocenters. The molecule has 6 nitrogen and oxygen atoms in total. The van der Waals surface area contributed by atoms with Crippen LogP contribution < -0.4 is 20.8 Å². The van der Waals surface area contributed by atoms with Crippen LogP contribution in [0.2, 0.25) is 0 Å². The Hall–Kier alpha value is -4.06. The Morgan fingerprint density at radius 3 is 2.61 bits per heavy atom. The number of pyridine rings is 1. The number of aryl methyl sites for hydroxylation is 2. The van der Waals surface area contributed by atoms with Gasteiger partial charge in [0.05, 0.1) is 6.61 Å². The van der Waals surface area contributed by atoms with Crippen LogP contribution in [0, 0.1) is 6.92 Å². The van der Waals surface area contributed by atoms with E-state index in [4.69, 9.17) is 4.74 Å². The summed E-state index contributed by atoms with van der Waals surface area (Å²) in [6.45, 7) is 7.70. The van der Waals surface area contributed by atoms with Gasteiger partial charge in [0.1, 0.15) is 11.3 Å². The number of amides is 1. The highest BCUT2D eigenvalue weighted by Crippen LogP contribution is 2.20. The maximum Gasteiger partial charge on any atom is 0.257 e. The molecule has 0 fully saturated rings. The predicted octanol–water partition coefficient (Wildman–Crippen LogP) is 5.38. The van der Waals surface area contributed by atoms with Crippen molar-refractivity contribution in [1.82, 2.24) is 10.3 Å². The van der Waals surface area contributed by atoms with E-state index in [9.17, 15) is 9.59 Å². The Balaban J connectivity index is 1.45. The van der Waals surface area contributed by atoms with E-state index in [1.54, 1.807) is 0 Å². The molecule has 0 saturated carbocycles. The third-order valence-corrected chi connectivity index (χ3v) is 6.32. The van der Waals surface area contributed by atoms with Crippen molar-refractivity contribution in [2.45, 2.75) is 40.2 Å². The molecule has 186 valence electrons. The molecule has 0 radical (unpaired) electrons. The first kappa shape index (κ1) is 25.0. The van der Waals surface area contributed by atoms with Crippen LogP contribution in [0.1, 0.15) is 46.5 Å². The van der Waals surface area contributed by atoms with Gasteiger partial charge in [0.15, 0.2) is 0 Å². The minimum absolute atomic E-state index is 0.104. The van der Waals surface area contributed by atoms with Crippen LogP contribution in [0.4, 0.5) is 5.69 Å². The van der Waals surface area contributed by atoms with Gasteiger partial charge in [-0.1, -0.05) is 43.3 Å². The van der Waals surface area contributed by atoms with E-state index >= 15 is 0 Å². The Labute approximate surface area is 211 Å². The van der Waals surface area contributed by atoms with Gasteiger partial charge in [0.25, 0.3) is 5.91 Å². The van der Waals surface area contributed by atoms with Gasteiger partial charge in [-0.05, 0) is 73.2 Å². The zero-order valence-corrected chi connectivity index (χ0v) is 21.1. The number of anilines is 1. The molecule has 4 rings (SSSR count). The van der Waals surface area contributed by atoms with E-state index in [2.05, 4.69) is 34.7 Å². The molecule has 3 N–H and O–H groups in total. The SMILES string of the molecule is CCOc1cc(CNC(=O)c2c[nH]c3ccc(CCNc4ccccc4CC)cc3c2=O)ccc1C. The fourth-order valence-electron chi connectivity index (χ4n) is 4.28. The molecule has 0 aliphatic heterocycles. The van der Waals surface area contributed by atoms with E-state index < -0.39 is 5.91 Å². The number of rotatable bonds is 10. The standard InChI is InChI=1S/C30H33N3O3/c1-4-23-8-6-7-9-26(23)31-15-14-21-12-13-27-24(16-21)29(34)25(19-32-27)30(35)33-18-22-11-10-20(3)28(17-22)36-5-2/h6-13,16-17,19,31H,4-5,14-15,18H2,1-3H3,(H,32,34)(H,33,35). The summed E-state index contributed by atoms with van der Waals surface area (Å²) in [6.07, 6.45) is 3.22. The largest absolute Gasteiger partial charge is 0.494 e. The lowest BCUT2D eigenvalue weighted by Crippen LogP contribution is -2.28. The zero-order valence-electron chi connectivity index (χ0n) is 21.1. The van der Waals surface area contributed by atoms with Gasteiger partial charge in [-0.15, -0.1) is 0 Å². The van der Waals surface area contributed by atoms with Crippen LogP contribution in [0.25, 0.3) is 10.9 Å². The van der Waals surface area contributed by atoms with Crippen LogP contribution >= 0.6 is 0 Å². The Bertz CT molecular complexity index is 1420. The number of ether oxygens (including phenoxy) is 1. The molecule has 4 aromatic rings. The van der Waals surface area contributed by atoms with E-state index in [0.29, 0.717) is 24.1 Å². The van der Waals surface area contributed by atoms with Gasteiger partial charge in [0, 0.05) is 35.9 Å². The number of aromatic nitrogens is 1. The topological polar surface area (TPSA) is 83.2 Å². The summed E-state index contributed by atoms with van der Waals surface area (Å²) in [6, 6.07) is 19.9. The molecule has 0 saturated heterocycles. The first-order chi connectivity index (χ1) is 17.5. The van der Waals surface area contributed by atoms with Crippen molar-refractivity contribution in [3.8, 4) is 5.75 Å². The van der Waals surface area contributed by atoms with Gasteiger partial charge >= 0.3 is 0 Å². The average Bonchev–Trinajstić information content (AvgIpc) is 2.90. The molecule has 1 amide bonds. The van der Waals surface area contributed by atoms with Gasteiger partial charge in [-0.2, -0.15) is 0 Å². The van der Waals surface area contributed by atoms with Gasteiger partial charge in [-0.25, -0.2) is 0 Å². The molecule has 0 unspecified atom stereocenters. The number of H-pyrrole nitrogens is 1. The van der Waals surface area contributed by atoms with Crippen molar-refractivity contribution < 1.29 is 9.53 Å². The number of nitrogens with one attached hydrogen (secondary N) is 3. The fourth-order valence-corrected chi connectivity index (χ4v) is 4.28. The highest BCUT2D eigenvalue weighted by molar-refractivity contribution is 5.97. The molecule has 6 heteroatoms. The Kier molecular flexibility index (Phi) is 8.06. The second-order valence-corrected chi connectivity index (χ2v) is 8.81. The maximum atomic E-state index is 13.2. The van der Waals surface area contributed by atoms with Crippen molar-refractivity contribution in [2.24, 2.45) is 0 Å². The number of para-hydroxylation sites is 1. The Morgan fingerprint density at radius 1 is 1.00 bits per heavy atom. The monoisotopic (exact) mass is 483 g/mol. The van der Waals surface area contributed by atoms with Crippen LogP contribution in [-0.4, -0.2) is 24.0 Å². The van der Waals surface area contributed by atoms with Crippen LogP contribution in [0.5, 0.6) is 5.75 Å². The fraction of sp³-hybridized carbons (Fsp3) is 0.267. The van der Waals surface area contributed by atoms with E-state index in [0.717, 1.165) is 47.5 Å².